The normalized spacial score (nSPS) is 10.8. The summed E-state index contributed by atoms with van der Waals surface area (Å²) in [5, 5.41) is 8.77. The molecule has 0 unspecified atom stereocenters. The van der Waals surface area contributed by atoms with E-state index in [-0.39, 0.29) is 6.54 Å². The van der Waals surface area contributed by atoms with E-state index >= 15 is 0 Å². The van der Waals surface area contributed by atoms with Crippen molar-refractivity contribution in [3.05, 3.63) is 28.5 Å². The van der Waals surface area contributed by atoms with Gasteiger partial charge in [-0.2, -0.15) is 0 Å². The number of aryl methyl sites for hydroxylation is 1. The second kappa shape index (κ2) is 3.66. The first-order valence-electron chi connectivity index (χ1n) is 4.42. The summed E-state index contributed by atoms with van der Waals surface area (Å²) in [6, 6.07) is 5.76. The molecule has 1 aromatic carbocycles. The molecule has 1 N–H and O–H groups in total. The Morgan fingerprint density at radius 1 is 1.60 bits per heavy atom. The average Bonchev–Trinajstić information content (AvgIpc) is 2.43. The molecule has 1 heterocycles. The highest BCUT2D eigenvalue weighted by Crippen LogP contribution is 2.21. The first kappa shape index (κ1) is 10.2. The number of benzene rings is 1. The average molecular weight is 269 g/mol. The van der Waals surface area contributed by atoms with Gasteiger partial charge in [0.25, 0.3) is 0 Å². The fraction of sp³-hybridized carbons (Fsp3) is 0.200. The third kappa shape index (κ3) is 1.87. The summed E-state index contributed by atoms with van der Waals surface area (Å²) in [7, 11) is 0. The zero-order valence-electron chi connectivity index (χ0n) is 8.07. The third-order valence-electron chi connectivity index (χ3n) is 2.15. The van der Waals surface area contributed by atoms with Crippen LogP contribution >= 0.6 is 15.9 Å². The zero-order chi connectivity index (χ0) is 11.0. The number of fused-ring (bicyclic) bond motifs is 1. The second-order valence-corrected chi connectivity index (χ2v) is 4.06. The molecule has 0 bridgehead atoms. The van der Waals surface area contributed by atoms with Gasteiger partial charge in [-0.25, -0.2) is 4.98 Å². The number of carbonyl (C=O) groups is 1. The molecule has 0 aliphatic heterocycles. The van der Waals surface area contributed by atoms with Crippen molar-refractivity contribution < 1.29 is 9.90 Å². The fourth-order valence-corrected chi connectivity index (χ4v) is 2.00. The number of imidazole rings is 1. The Morgan fingerprint density at radius 2 is 2.33 bits per heavy atom. The maximum atomic E-state index is 10.7. The SMILES string of the molecule is Cc1ccc2nc(Br)n(CC(=O)O)c2c1. The number of carboxylic acid groups (broad SMARTS) is 1. The van der Waals surface area contributed by atoms with E-state index in [1.54, 1.807) is 4.57 Å². The lowest BCUT2D eigenvalue weighted by Crippen LogP contribution is -2.08. The minimum Gasteiger partial charge on any atom is -0.480 e. The van der Waals surface area contributed by atoms with Crippen LogP contribution in [0.1, 0.15) is 5.56 Å². The molecule has 4 nitrogen and oxygen atoms in total. The van der Waals surface area contributed by atoms with Crippen LogP contribution in [-0.2, 0) is 11.3 Å². The molecular formula is C10H9BrN2O2. The van der Waals surface area contributed by atoms with Gasteiger partial charge in [0.05, 0.1) is 11.0 Å². The van der Waals surface area contributed by atoms with Crippen LogP contribution in [0.25, 0.3) is 11.0 Å². The van der Waals surface area contributed by atoms with Gasteiger partial charge >= 0.3 is 5.97 Å². The molecular weight excluding hydrogens is 260 g/mol. The molecule has 0 spiro atoms. The molecule has 2 rings (SSSR count). The van der Waals surface area contributed by atoms with Crippen molar-refractivity contribution in [3.63, 3.8) is 0 Å². The predicted molar refractivity (Wildman–Crippen MR) is 59.8 cm³/mol. The minimum absolute atomic E-state index is 0.0828. The molecule has 0 saturated carbocycles. The van der Waals surface area contributed by atoms with Gasteiger partial charge in [-0.05, 0) is 40.5 Å². The predicted octanol–water partition coefficient (Wildman–Crippen LogP) is 2.19. The molecule has 2 aromatic rings. The molecule has 5 heteroatoms. The summed E-state index contributed by atoms with van der Waals surface area (Å²) in [6.45, 7) is 1.88. The molecule has 0 radical (unpaired) electrons. The van der Waals surface area contributed by atoms with Gasteiger partial charge in [0.2, 0.25) is 0 Å². The van der Waals surface area contributed by atoms with Crippen molar-refractivity contribution in [2.45, 2.75) is 13.5 Å². The van der Waals surface area contributed by atoms with Crippen molar-refractivity contribution in [1.82, 2.24) is 9.55 Å². The highest BCUT2D eigenvalue weighted by molar-refractivity contribution is 9.10. The smallest absolute Gasteiger partial charge is 0.323 e. The Labute approximate surface area is 94.7 Å². The van der Waals surface area contributed by atoms with Crippen LogP contribution in [0.3, 0.4) is 0 Å². The van der Waals surface area contributed by atoms with Crippen LogP contribution in [0.4, 0.5) is 0 Å². The van der Waals surface area contributed by atoms with E-state index in [0.29, 0.717) is 4.73 Å². The molecule has 78 valence electrons. The van der Waals surface area contributed by atoms with Gasteiger partial charge in [0.15, 0.2) is 4.73 Å². The van der Waals surface area contributed by atoms with Crippen LogP contribution < -0.4 is 0 Å². The lowest BCUT2D eigenvalue weighted by Gasteiger charge is -2.01. The van der Waals surface area contributed by atoms with Crippen LogP contribution in [-0.4, -0.2) is 20.6 Å². The van der Waals surface area contributed by atoms with E-state index < -0.39 is 5.97 Å². The van der Waals surface area contributed by atoms with Crippen molar-refractivity contribution in [3.8, 4) is 0 Å². The lowest BCUT2D eigenvalue weighted by atomic mass is 10.2. The zero-order valence-corrected chi connectivity index (χ0v) is 9.65. The Hall–Kier alpha value is -1.36. The molecule has 0 aliphatic carbocycles. The first-order valence-corrected chi connectivity index (χ1v) is 5.21. The molecule has 1 aromatic heterocycles. The fourth-order valence-electron chi connectivity index (χ4n) is 1.49. The maximum absolute atomic E-state index is 10.7. The number of halogens is 1. The molecule has 0 saturated heterocycles. The summed E-state index contributed by atoms with van der Waals surface area (Å²) in [5.41, 5.74) is 2.72. The molecule has 0 atom stereocenters. The number of rotatable bonds is 2. The van der Waals surface area contributed by atoms with Crippen LogP contribution in [0, 0.1) is 6.92 Å². The van der Waals surface area contributed by atoms with Crippen molar-refractivity contribution in [1.29, 1.82) is 0 Å². The number of hydrogen-bond donors (Lipinski definition) is 1. The quantitative estimate of drug-likeness (QED) is 0.909. The highest BCUT2D eigenvalue weighted by Gasteiger charge is 2.10. The van der Waals surface area contributed by atoms with Crippen LogP contribution in [0.15, 0.2) is 22.9 Å². The third-order valence-corrected chi connectivity index (χ3v) is 2.76. The van der Waals surface area contributed by atoms with E-state index in [0.717, 1.165) is 16.6 Å². The van der Waals surface area contributed by atoms with E-state index in [1.165, 1.54) is 0 Å². The highest BCUT2D eigenvalue weighted by atomic mass is 79.9. The van der Waals surface area contributed by atoms with E-state index in [2.05, 4.69) is 20.9 Å². The second-order valence-electron chi connectivity index (χ2n) is 3.35. The number of nitrogens with zero attached hydrogens (tertiary/aromatic N) is 2. The maximum Gasteiger partial charge on any atom is 0.323 e. The number of hydrogen-bond acceptors (Lipinski definition) is 2. The van der Waals surface area contributed by atoms with Gasteiger partial charge < -0.3 is 9.67 Å². The van der Waals surface area contributed by atoms with Crippen molar-refractivity contribution >= 4 is 32.9 Å². The van der Waals surface area contributed by atoms with Crippen molar-refractivity contribution in [2.24, 2.45) is 0 Å². The Balaban J connectivity index is 2.65. The van der Waals surface area contributed by atoms with Gasteiger partial charge in [-0.3, -0.25) is 4.79 Å². The minimum atomic E-state index is -0.878. The summed E-state index contributed by atoms with van der Waals surface area (Å²) >= 11 is 3.25. The Bertz CT molecular complexity index is 533. The summed E-state index contributed by atoms with van der Waals surface area (Å²) in [4.78, 5) is 14.9. The van der Waals surface area contributed by atoms with Gasteiger partial charge in [0.1, 0.15) is 6.54 Å². The molecule has 15 heavy (non-hydrogen) atoms. The van der Waals surface area contributed by atoms with Gasteiger partial charge in [-0.1, -0.05) is 6.07 Å². The van der Waals surface area contributed by atoms with E-state index in [1.807, 2.05) is 25.1 Å². The summed E-state index contributed by atoms with van der Waals surface area (Å²) < 4.78 is 2.18. The number of aliphatic carboxylic acids is 1. The number of carboxylic acids is 1. The number of aromatic nitrogens is 2. The van der Waals surface area contributed by atoms with Gasteiger partial charge in [0, 0.05) is 0 Å². The van der Waals surface area contributed by atoms with E-state index in [9.17, 15) is 4.79 Å². The standard InChI is InChI=1S/C10H9BrN2O2/c1-6-2-3-7-8(4-6)13(5-9(14)15)10(11)12-7/h2-4H,5H2,1H3,(H,14,15). The summed E-state index contributed by atoms with van der Waals surface area (Å²) in [5.74, 6) is -0.878. The molecule has 0 aliphatic rings. The monoisotopic (exact) mass is 268 g/mol. The van der Waals surface area contributed by atoms with Crippen molar-refractivity contribution in [2.75, 3.05) is 0 Å². The first-order chi connectivity index (χ1) is 7.08. The largest absolute Gasteiger partial charge is 0.480 e. The van der Waals surface area contributed by atoms with Crippen LogP contribution in [0.5, 0.6) is 0 Å². The molecule has 0 fully saturated rings. The topological polar surface area (TPSA) is 55.1 Å². The molecule has 0 amide bonds. The Morgan fingerprint density at radius 3 is 3.00 bits per heavy atom. The Kier molecular flexibility index (Phi) is 2.48. The summed E-state index contributed by atoms with van der Waals surface area (Å²) in [6.07, 6.45) is 0. The van der Waals surface area contributed by atoms with E-state index in [4.69, 9.17) is 5.11 Å². The van der Waals surface area contributed by atoms with Gasteiger partial charge in [-0.15, -0.1) is 0 Å². The van der Waals surface area contributed by atoms with Crippen LogP contribution in [0.2, 0.25) is 0 Å². The lowest BCUT2D eigenvalue weighted by molar-refractivity contribution is -0.137.